The fourth-order valence-corrected chi connectivity index (χ4v) is 1.80. The van der Waals surface area contributed by atoms with Crippen LogP contribution < -0.4 is 10.1 Å². The van der Waals surface area contributed by atoms with Gasteiger partial charge in [0.15, 0.2) is 0 Å². The number of carbonyl (C=O) groups excluding carboxylic acids is 1. The average Bonchev–Trinajstić information content (AvgIpc) is 2.47. The summed E-state index contributed by atoms with van der Waals surface area (Å²) in [6.45, 7) is 0. The predicted molar refractivity (Wildman–Crippen MR) is 76.8 cm³/mol. The predicted octanol–water partition coefficient (Wildman–Crippen LogP) is 2.90. The molecule has 0 radical (unpaired) electrons. The zero-order chi connectivity index (χ0) is 15.4. The zero-order valence-electron chi connectivity index (χ0n) is 10.9. The number of carbonyl (C=O) groups is 1. The number of hydrogen-bond donors (Lipinski definition) is 1. The third-order valence-electron chi connectivity index (χ3n) is 2.61. The first-order valence-corrected chi connectivity index (χ1v) is 6.13. The molecule has 0 atom stereocenters. The topological polar surface area (TPSA) is 94.4 Å². The third-order valence-corrected chi connectivity index (χ3v) is 2.94. The molecule has 0 aliphatic carbocycles. The summed E-state index contributed by atoms with van der Waals surface area (Å²) in [5.41, 5.74) is 0.184. The Balaban J connectivity index is 2.27. The number of rotatable bonds is 4. The number of anilines is 1. The van der Waals surface area contributed by atoms with Gasteiger partial charge in [-0.25, -0.2) is 0 Å². The van der Waals surface area contributed by atoms with Crippen LogP contribution in [0, 0.1) is 10.1 Å². The number of nitro benzene ring substituents is 1. The molecular formula is C13H10ClN3O4. The van der Waals surface area contributed by atoms with E-state index in [1.807, 2.05) is 0 Å². The van der Waals surface area contributed by atoms with E-state index in [9.17, 15) is 14.9 Å². The van der Waals surface area contributed by atoms with E-state index in [1.54, 1.807) is 6.07 Å². The fraction of sp³-hybridized carbons (Fsp3) is 0.0769. The average molecular weight is 308 g/mol. The van der Waals surface area contributed by atoms with E-state index in [1.165, 1.54) is 31.6 Å². The normalized spacial score (nSPS) is 10.0. The molecule has 2 aromatic rings. The van der Waals surface area contributed by atoms with Crippen LogP contribution in [-0.4, -0.2) is 22.9 Å². The van der Waals surface area contributed by atoms with Crippen molar-refractivity contribution in [2.45, 2.75) is 0 Å². The number of non-ortho nitro benzene ring substituents is 1. The molecule has 0 bridgehead atoms. The third kappa shape index (κ3) is 3.46. The summed E-state index contributed by atoms with van der Waals surface area (Å²) in [7, 11) is 1.47. The van der Waals surface area contributed by atoms with E-state index in [0.29, 0.717) is 11.4 Å². The highest BCUT2D eigenvalue weighted by atomic mass is 35.5. The summed E-state index contributed by atoms with van der Waals surface area (Å²) >= 11 is 5.90. The van der Waals surface area contributed by atoms with Crippen LogP contribution >= 0.6 is 11.6 Å². The van der Waals surface area contributed by atoms with Crippen LogP contribution in [-0.2, 0) is 0 Å². The van der Waals surface area contributed by atoms with E-state index in [-0.39, 0.29) is 16.3 Å². The second-order valence-corrected chi connectivity index (χ2v) is 4.40. The van der Waals surface area contributed by atoms with Gasteiger partial charge in [0.05, 0.1) is 40.7 Å². The van der Waals surface area contributed by atoms with Crippen molar-refractivity contribution in [2.24, 2.45) is 0 Å². The van der Waals surface area contributed by atoms with Crippen LogP contribution in [0.15, 0.2) is 36.7 Å². The van der Waals surface area contributed by atoms with Gasteiger partial charge < -0.3 is 10.1 Å². The first-order chi connectivity index (χ1) is 10.0. The van der Waals surface area contributed by atoms with E-state index in [0.717, 1.165) is 6.07 Å². The van der Waals surface area contributed by atoms with Crippen molar-refractivity contribution in [2.75, 3.05) is 12.4 Å². The minimum Gasteiger partial charge on any atom is -0.495 e. The summed E-state index contributed by atoms with van der Waals surface area (Å²) in [5.74, 6) is -0.100. The van der Waals surface area contributed by atoms with Crippen LogP contribution in [0.5, 0.6) is 5.75 Å². The number of nitrogens with one attached hydrogen (secondary N) is 1. The Kier molecular flexibility index (Phi) is 4.34. The van der Waals surface area contributed by atoms with Gasteiger partial charge in [0, 0.05) is 18.2 Å². The maximum atomic E-state index is 12.1. The van der Waals surface area contributed by atoms with Crippen molar-refractivity contribution >= 4 is 28.9 Å². The molecule has 1 heterocycles. The zero-order valence-corrected chi connectivity index (χ0v) is 11.6. The number of methoxy groups -OCH3 is 1. The Bertz CT molecular complexity index is 706. The number of aromatic nitrogens is 1. The second-order valence-electron chi connectivity index (χ2n) is 3.99. The lowest BCUT2D eigenvalue weighted by molar-refractivity contribution is -0.384. The quantitative estimate of drug-likeness (QED) is 0.692. The molecule has 0 saturated heterocycles. The molecule has 1 amide bonds. The molecule has 1 aromatic heterocycles. The maximum absolute atomic E-state index is 12.1. The molecule has 7 nitrogen and oxygen atoms in total. The number of nitro groups is 1. The minimum atomic E-state index is -0.597. The van der Waals surface area contributed by atoms with Gasteiger partial charge in [-0.2, -0.15) is 0 Å². The second kappa shape index (κ2) is 6.19. The number of halogens is 1. The molecule has 21 heavy (non-hydrogen) atoms. The lowest BCUT2D eigenvalue weighted by Crippen LogP contribution is -2.13. The van der Waals surface area contributed by atoms with Crippen LogP contribution in [0.1, 0.15) is 10.4 Å². The van der Waals surface area contributed by atoms with Gasteiger partial charge in [0.2, 0.25) is 0 Å². The van der Waals surface area contributed by atoms with Crippen molar-refractivity contribution in [3.05, 3.63) is 57.4 Å². The van der Waals surface area contributed by atoms with E-state index < -0.39 is 10.8 Å². The Labute approximate surface area is 124 Å². The molecule has 0 aliphatic rings. The van der Waals surface area contributed by atoms with Crippen molar-refractivity contribution in [1.82, 2.24) is 4.98 Å². The Morgan fingerprint density at radius 2 is 2.14 bits per heavy atom. The Morgan fingerprint density at radius 1 is 1.38 bits per heavy atom. The van der Waals surface area contributed by atoms with Crippen LogP contribution in [0.3, 0.4) is 0 Å². The largest absolute Gasteiger partial charge is 0.495 e. The van der Waals surface area contributed by atoms with Gasteiger partial charge in [-0.15, -0.1) is 0 Å². The monoisotopic (exact) mass is 307 g/mol. The molecule has 0 unspecified atom stereocenters. The molecule has 0 fully saturated rings. The number of pyridine rings is 1. The van der Waals surface area contributed by atoms with Crippen molar-refractivity contribution in [1.29, 1.82) is 0 Å². The Morgan fingerprint density at radius 3 is 2.81 bits per heavy atom. The summed E-state index contributed by atoms with van der Waals surface area (Å²) in [6, 6.07) is 5.21. The lowest BCUT2D eigenvalue weighted by Gasteiger charge is -2.07. The Hall–Kier alpha value is -2.67. The molecule has 1 N–H and O–H groups in total. The molecule has 0 aliphatic heterocycles. The molecule has 8 heteroatoms. The standard InChI is InChI=1S/C13H10ClN3O4/c1-21-10-4-8(6-15-7-10)16-13(18)11-5-9(17(19)20)2-3-12(11)14/h2-7H,1H3,(H,16,18). The maximum Gasteiger partial charge on any atom is 0.270 e. The fourth-order valence-electron chi connectivity index (χ4n) is 1.60. The van der Waals surface area contributed by atoms with Gasteiger partial charge in [-0.05, 0) is 6.07 Å². The molecule has 0 saturated carbocycles. The number of nitrogens with zero attached hydrogens (tertiary/aromatic N) is 2. The number of ether oxygens (including phenoxy) is 1. The lowest BCUT2D eigenvalue weighted by atomic mass is 10.2. The van der Waals surface area contributed by atoms with Crippen LogP contribution in [0.4, 0.5) is 11.4 Å². The highest BCUT2D eigenvalue weighted by molar-refractivity contribution is 6.34. The van der Waals surface area contributed by atoms with Gasteiger partial charge in [-0.3, -0.25) is 19.9 Å². The number of hydrogen-bond acceptors (Lipinski definition) is 5. The van der Waals surface area contributed by atoms with Gasteiger partial charge in [-0.1, -0.05) is 11.6 Å². The SMILES string of the molecule is COc1cncc(NC(=O)c2cc([N+](=O)[O-])ccc2Cl)c1. The van der Waals surface area contributed by atoms with E-state index >= 15 is 0 Å². The first kappa shape index (κ1) is 14.7. The van der Waals surface area contributed by atoms with Gasteiger partial charge in [0.25, 0.3) is 11.6 Å². The van der Waals surface area contributed by atoms with Crippen molar-refractivity contribution < 1.29 is 14.5 Å². The van der Waals surface area contributed by atoms with Gasteiger partial charge in [0.1, 0.15) is 5.75 Å². The first-order valence-electron chi connectivity index (χ1n) is 5.75. The van der Waals surface area contributed by atoms with Crippen LogP contribution in [0.2, 0.25) is 5.02 Å². The number of benzene rings is 1. The molecule has 108 valence electrons. The molecule has 0 spiro atoms. The van der Waals surface area contributed by atoms with Crippen molar-refractivity contribution in [3.8, 4) is 5.75 Å². The van der Waals surface area contributed by atoms with Crippen LogP contribution in [0.25, 0.3) is 0 Å². The van der Waals surface area contributed by atoms with E-state index in [4.69, 9.17) is 16.3 Å². The minimum absolute atomic E-state index is 0.00804. The highest BCUT2D eigenvalue weighted by Crippen LogP contribution is 2.23. The van der Waals surface area contributed by atoms with E-state index in [2.05, 4.69) is 10.3 Å². The van der Waals surface area contributed by atoms with Gasteiger partial charge >= 0.3 is 0 Å². The highest BCUT2D eigenvalue weighted by Gasteiger charge is 2.16. The summed E-state index contributed by atoms with van der Waals surface area (Å²) in [6.07, 6.45) is 2.90. The molecule has 2 rings (SSSR count). The molecule has 1 aromatic carbocycles. The summed E-state index contributed by atoms with van der Waals surface area (Å²) in [4.78, 5) is 26.1. The smallest absolute Gasteiger partial charge is 0.270 e. The van der Waals surface area contributed by atoms with Crippen molar-refractivity contribution in [3.63, 3.8) is 0 Å². The summed E-state index contributed by atoms with van der Waals surface area (Å²) in [5, 5.41) is 13.4. The summed E-state index contributed by atoms with van der Waals surface area (Å²) < 4.78 is 4.99. The number of amides is 1. The molecular weight excluding hydrogens is 298 g/mol.